The van der Waals surface area contributed by atoms with Gasteiger partial charge in [-0.1, -0.05) is 30.3 Å². The molecule has 5 rings (SSSR count). The Kier molecular flexibility index (Phi) is 7.32. The summed E-state index contributed by atoms with van der Waals surface area (Å²) in [6.07, 6.45) is -3.18. The van der Waals surface area contributed by atoms with E-state index in [4.69, 9.17) is 0 Å². The third-order valence-electron chi connectivity index (χ3n) is 7.86. The number of nitrogens with zero attached hydrogens (tertiary/aromatic N) is 3. The molecule has 3 aliphatic rings. The lowest BCUT2D eigenvalue weighted by Gasteiger charge is -2.53. The van der Waals surface area contributed by atoms with Crippen LogP contribution in [0.3, 0.4) is 0 Å². The molecule has 2 aromatic rings. The molecule has 3 aliphatic heterocycles. The van der Waals surface area contributed by atoms with Gasteiger partial charge < -0.3 is 14.5 Å². The van der Waals surface area contributed by atoms with E-state index in [9.17, 15) is 27.2 Å². The number of carbonyl (C=O) groups excluding carboxylic acids is 2. The molecule has 38 heavy (non-hydrogen) atoms. The number of piperidine rings is 2. The molecular weight excluding hydrogens is 504 g/mol. The lowest BCUT2D eigenvalue weighted by Crippen LogP contribution is -2.73. The minimum atomic E-state index is -4.73. The zero-order valence-corrected chi connectivity index (χ0v) is 21.0. The summed E-state index contributed by atoms with van der Waals surface area (Å²) in [6, 6.07) is 12.1. The fraction of sp³-hybridized carbons (Fsp3) is 0.481. The summed E-state index contributed by atoms with van der Waals surface area (Å²) in [4.78, 5) is 31.4. The predicted octanol–water partition coefficient (Wildman–Crippen LogP) is 3.46. The molecule has 0 aliphatic carbocycles. The molecule has 2 aromatic carbocycles. The van der Waals surface area contributed by atoms with E-state index in [-0.39, 0.29) is 35.7 Å². The van der Waals surface area contributed by atoms with Crippen LogP contribution in [0.25, 0.3) is 0 Å². The second-order valence-electron chi connectivity index (χ2n) is 10.2. The highest BCUT2D eigenvalue weighted by molar-refractivity contribution is 6.35. The van der Waals surface area contributed by atoms with Crippen LogP contribution in [0.4, 0.5) is 17.6 Å². The monoisotopic (exact) mass is 534 g/mol. The SMILES string of the molecule is CN1C(=O)C(=O)N(C2CCN(Cc3ccc(OC(F)(F)F)cc3)CC2)C2NCC(c3ccccc3F)CC21. The Hall–Kier alpha value is -3.18. The van der Waals surface area contributed by atoms with Gasteiger partial charge in [-0.3, -0.25) is 19.8 Å². The van der Waals surface area contributed by atoms with Gasteiger partial charge in [0, 0.05) is 45.2 Å². The molecule has 204 valence electrons. The number of halogens is 4. The molecular formula is C27H30F4N4O3. The van der Waals surface area contributed by atoms with Crippen LogP contribution >= 0.6 is 0 Å². The molecule has 3 saturated heterocycles. The first kappa shape index (κ1) is 26.4. The highest BCUT2D eigenvalue weighted by Crippen LogP contribution is 2.35. The molecule has 7 nitrogen and oxygen atoms in total. The van der Waals surface area contributed by atoms with Crippen LogP contribution in [0.1, 0.15) is 36.3 Å². The van der Waals surface area contributed by atoms with Crippen molar-refractivity contribution in [3.8, 4) is 5.75 Å². The Morgan fingerprint density at radius 3 is 2.34 bits per heavy atom. The number of fused-ring (bicyclic) bond motifs is 1. The number of ether oxygens (including phenoxy) is 1. The van der Waals surface area contributed by atoms with Crippen LogP contribution in [0.2, 0.25) is 0 Å². The molecule has 3 unspecified atom stereocenters. The van der Waals surface area contributed by atoms with E-state index in [1.165, 1.54) is 23.1 Å². The van der Waals surface area contributed by atoms with Crippen LogP contribution in [-0.4, -0.2) is 77.8 Å². The maximum atomic E-state index is 14.5. The fourth-order valence-corrected chi connectivity index (χ4v) is 5.94. The number of piperazine rings is 1. The average molecular weight is 535 g/mol. The van der Waals surface area contributed by atoms with Gasteiger partial charge >= 0.3 is 18.2 Å². The minimum Gasteiger partial charge on any atom is -0.406 e. The topological polar surface area (TPSA) is 65.1 Å². The van der Waals surface area contributed by atoms with Gasteiger partial charge in [-0.25, -0.2) is 4.39 Å². The quantitative estimate of drug-likeness (QED) is 0.470. The Labute approximate surface area is 218 Å². The summed E-state index contributed by atoms with van der Waals surface area (Å²) in [7, 11) is 1.63. The van der Waals surface area contributed by atoms with Gasteiger partial charge in [-0.2, -0.15) is 0 Å². The van der Waals surface area contributed by atoms with Gasteiger partial charge in [0.1, 0.15) is 17.7 Å². The zero-order valence-electron chi connectivity index (χ0n) is 21.0. The first-order valence-electron chi connectivity index (χ1n) is 12.7. The molecule has 0 spiro atoms. The van der Waals surface area contributed by atoms with Gasteiger partial charge in [-0.05, 0) is 48.6 Å². The third-order valence-corrected chi connectivity index (χ3v) is 7.86. The summed E-state index contributed by atoms with van der Waals surface area (Å²) < 4.78 is 55.6. The maximum Gasteiger partial charge on any atom is 0.573 e. The molecule has 0 bridgehead atoms. The Morgan fingerprint density at radius 2 is 1.68 bits per heavy atom. The van der Waals surface area contributed by atoms with E-state index in [1.807, 2.05) is 0 Å². The molecule has 2 amide bonds. The Morgan fingerprint density at radius 1 is 1.00 bits per heavy atom. The van der Waals surface area contributed by atoms with Crippen LogP contribution in [0.5, 0.6) is 5.75 Å². The number of rotatable bonds is 5. The first-order valence-corrected chi connectivity index (χ1v) is 12.7. The lowest BCUT2D eigenvalue weighted by molar-refractivity contribution is -0.274. The largest absolute Gasteiger partial charge is 0.573 e. The second-order valence-corrected chi connectivity index (χ2v) is 10.2. The minimum absolute atomic E-state index is 0.113. The Balaban J connectivity index is 1.22. The predicted molar refractivity (Wildman–Crippen MR) is 130 cm³/mol. The smallest absolute Gasteiger partial charge is 0.406 e. The first-order chi connectivity index (χ1) is 18.1. The molecule has 3 heterocycles. The number of likely N-dealkylation sites (tertiary alicyclic amines) is 1. The molecule has 0 saturated carbocycles. The summed E-state index contributed by atoms with van der Waals surface area (Å²) >= 11 is 0. The molecule has 3 atom stereocenters. The summed E-state index contributed by atoms with van der Waals surface area (Å²) in [5.74, 6) is -1.72. The number of carbonyl (C=O) groups is 2. The van der Waals surface area contributed by atoms with Crippen molar-refractivity contribution in [2.24, 2.45) is 0 Å². The van der Waals surface area contributed by atoms with Gasteiger partial charge in [-0.15, -0.1) is 13.2 Å². The standard InChI is InChI=1S/C27H30F4N4O3/c1-33-23-14-18(21-4-2-3-5-22(21)28)15-32-24(23)35(26(37)25(33)36)19-10-12-34(13-11-19)16-17-6-8-20(9-7-17)38-27(29,30)31/h2-9,18-19,23-24,32H,10-16H2,1H3. The molecule has 1 N–H and O–H groups in total. The number of nitrogens with one attached hydrogen (secondary N) is 1. The van der Waals surface area contributed by atoms with Gasteiger partial charge in [0.2, 0.25) is 0 Å². The van der Waals surface area contributed by atoms with Crippen molar-refractivity contribution in [3.63, 3.8) is 0 Å². The van der Waals surface area contributed by atoms with Crippen molar-refractivity contribution in [1.82, 2.24) is 20.0 Å². The van der Waals surface area contributed by atoms with Crippen molar-refractivity contribution in [3.05, 3.63) is 65.5 Å². The zero-order chi connectivity index (χ0) is 27.0. The maximum absolute atomic E-state index is 14.5. The highest BCUT2D eigenvalue weighted by Gasteiger charge is 2.50. The average Bonchev–Trinajstić information content (AvgIpc) is 2.89. The van der Waals surface area contributed by atoms with Crippen LogP contribution < -0.4 is 10.1 Å². The summed E-state index contributed by atoms with van der Waals surface area (Å²) in [5.41, 5.74) is 1.46. The van der Waals surface area contributed by atoms with Crippen molar-refractivity contribution >= 4 is 11.8 Å². The molecule has 11 heteroatoms. The Bertz CT molecular complexity index is 1170. The van der Waals surface area contributed by atoms with E-state index < -0.39 is 18.2 Å². The van der Waals surface area contributed by atoms with E-state index >= 15 is 0 Å². The van der Waals surface area contributed by atoms with E-state index in [1.54, 1.807) is 42.3 Å². The highest BCUT2D eigenvalue weighted by atomic mass is 19.4. The summed E-state index contributed by atoms with van der Waals surface area (Å²) in [6.45, 7) is 2.41. The van der Waals surface area contributed by atoms with Crippen molar-refractivity contribution in [2.75, 3.05) is 26.7 Å². The van der Waals surface area contributed by atoms with E-state index in [0.29, 0.717) is 51.0 Å². The van der Waals surface area contributed by atoms with Gasteiger partial charge in [0.15, 0.2) is 0 Å². The van der Waals surface area contributed by atoms with Crippen molar-refractivity contribution in [1.29, 1.82) is 0 Å². The number of hydrogen-bond acceptors (Lipinski definition) is 5. The molecule has 0 aromatic heterocycles. The number of likely N-dealkylation sites (N-methyl/N-ethyl adjacent to an activating group) is 1. The van der Waals surface area contributed by atoms with Crippen LogP contribution in [-0.2, 0) is 16.1 Å². The summed E-state index contributed by atoms with van der Waals surface area (Å²) in [5, 5.41) is 3.44. The molecule has 3 fully saturated rings. The second kappa shape index (κ2) is 10.5. The van der Waals surface area contributed by atoms with Crippen molar-refractivity contribution in [2.45, 2.75) is 56.3 Å². The van der Waals surface area contributed by atoms with E-state index in [0.717, 1.165) is 5.56 Å². The third kappa shape index (κ3) is 5.49. The van der Waals surface area contributed by atoms with E-state index in [2.05, 4.69) is 15.0 Å². The molecule has 0 radical (unpaired) electrons. The number of amides is 2. The lowest BCUT2D eigenvalue weighted by atomic mass is 9.84. The van der Waals surface area contributed by atoms with Crippen molar-refractivity contribution < 1.29 is 31.9 Å². The van der Waals surface area contributed by atoms with Crippen LogP contribution in [0, 0.1) is 5.82 Å². The number of hydrogen-bond donors (Lipinski definition) is 1. The van der Waals surface area contributed by atoms with Gasteiger partial charge in [0.25, 0.3) is 0 Å². The normalized spacial score (nSPS) is 25.4. The number of benzene rings is 2. The fourth-order valence-electron chi connectivity index (χ4n) is 5.94. The van der Waals surface area contributed by atoms with Crippen LogP contribution in [0.15, 0.2) is 48.5 Å². The van der Waals surface area contributed by atoms with Gasteiger partial charge in [0.05, 0.1) is 6.04 Å². The number of alkyl halides is 3.